The summed E-state index contributed by atoms with van der Waals surface area (Å²) in [6.45, 7) is -0.132. The predicted octanol–water partition coefficient (Wildman–Crippen LogP) is 3.32. The van der Waals surface area contributed by atoms with Crippen molar-refractivity contribution in [2.24, 2.45) is 16.0 Å². The van der Waals surface area contributed by atoms with Crippen molar-refractivity contribution in [3.05, 3.63) is 48.5 Å². The van der Waals surface area contributed by atoms with Crippen LogP contribution in [0.4, 0.5) is 11.4 Å². The van der Waals surface area contributed by atoms with E-state index in [4.69, 9.17) is 10.5 Å². The van der Waals surface area contributed by atoms with Gasteiger partial charge in [0.2, 0.25) is 16.9 Å². The molecular weight excluding hydrogens is 366 g/mol. The summed E-state index contributed by atoms with van der Waals surface area (Å²) in [5, 5.41) is 21.3. The second-order valence-electron chi connectivity index (χ2n) is 5.56. The summed E-state index contributed by atoms with van der Waals surface area (Å²) in [6.07, 6.45) is 0. The quantitative estimate of drug-likeness (QED) is 0.462. The molecule has 0 aliphatic carbocycles. The van der Waals surface area contributed by atoms with Gasteiger partial charge < -0.3 is 25.5 Å². The number of aromatic nitrogens is 1. The summed E-state index contributed by atoms with van der Waals surface area (Å²) in [5.41, 5.74) is 6.70. The molecule has 3 aromatic rings. The van der Waals surface area contributed by atoms with Crippen LogP contribution in [0.1, 0.15) is 0 Å². The van der Waals surface area contributed by atoms with Gasteiger partial charge in [0.05, 0.1) is 18.3 Å². The number of carbonyl (C=O) groups excluding carboxylic acids is 1. The minimum atomic E-state index is -0.339. The molecule has 138 valence electrons. The number of methoxy groups -OCH3 is 1. The maximum atomic E-state index is 12.5. The van der Waals surface area contributed by atoms with Gasteiger partial charge in [-0.05, 0) is 30.4 Å². The number of rotatable bonds is 5. The van der Waals surface area contributed by atoms with Gasteiger partial charge >= 0.3 is 0 Å². The smallest absolute Gasteiger partial charge is 0.244 e. The first-order chi connectivity index (χ1) is 13.0. The number of ether oxygens (including phenoxy) is 1. The molecule has 27 heavy (non-hydrogen) atoms. The lowest BCUT2D eigenvalue weighted by atomic mass is 10.2. The lowest BCUT2D eigenvalue weighted by Gasteiger charge is -2.11. The average molecular weight is 383 g/mol. The van der Waals surface area contributed by atoms with Gasteiger partial charge in [0.1, 0.15) is 12.3 Å². The predicted molar refractivity (Wildman–Crippen MR) is 107 cm³/mol. The molecule has 0 aliphatic rings. The number of carbonyl (C=O) groups is 1. The second-order valence-corrected chi connectivity index (χ2v) is 5.98. The molecule has 0 aliphatic heterocycles. The van der Waals surface area contributed by atoms with Crippen LogP contribution in [0.2, 0.25) is 0 Å². The Morgan fingerprint density at radius 3 is 2.70 bits per heavy atom. The van der Waals surface area contributed by atoms with Crippen LogP contribution in [0, 0.1) is 0 Å². The molecule has 4 N–H and O–H groups in total. The number of nitrogens with one attached hydrogen (secondary N) is 1. The third-order valence-electron chi connectivity index (χ3n) is 3.85. The molecule has 1 amide bonds. The number of aromatic hydroxyl groups is 1. The molecule has 0 atom stereocenters. The van der Waals surface area contributed by atoms with E-state index in [0.29, 0.717) is 22.3 Å². The first-order valence-corrected chi connectivity index (χ1v) is 8.36. The van der Waals surface area contributed by atoms with E-state index in [2.05, 4.69) is 27.8 Å². The van der Waals surface area contributed by atoms with Crippen LogP contribution in [0.15, 0.2) is 58.8 Å². The summed E-state index contributed by atoms with van der Waals surface area (Å²) in [6, 6.07) is 14.2. The van der Waals surface area contributed by atoms with Crippen LogP contribution in [-0.4, -0.2) is 27.8 Å². The highest BCUT2D eigenvalue weighted by Gasteiger charge is 2.19. The van der Waals surface area contributed by atoms with Gasteiger partial charge in [-0.25, -0.2) is 0 Å². The molecule has 8 nitrogen and oxygen atoms in total. The summed E-state index contributed by atoms with van der Waals surface area (Å²) in [5.74, 6) is -0.00172. The molecule has 1 aromatic heterocycles. The maximum absolute atomic E-state index is 12.5. The first kappa shape index (κ1) is 18.3. The Morgan fingerprint density at radius 2 is 1.96 bits per heavy atom. The maximum Gasteiger partial charge on any atom is 0.244 e. The summed E-state index contributed by atoms with van der Waals surface area (Å²) < 4.78 is 6.67. The Hall–Kier alpha value is -3.46. The van der Waals surface area contributed by atoms with Crippen molar-refractivity contribution < 1.29 is 14.6 Å². The van der Waals surface area contributed by atoms with Crippen molar-refractivity contribution in [2.45, 2.75) is 6.54 Å². The van der Waals surface area contributed by atoms with E-state index in [0.717, 1.165) is 0 Å². The molecule has 0 spiro atoms. The van der Waals surface area contributed by atoms with E-state index < -0.39 is 0 Å². The fourth-order valence-corrected chi connectivity index (χ4v) is 2.75. The Balaban J connectivity index is 1.94. The van der Waals surface area contributed by atoms with Gasteiger partial charge in [-0.2, -0.15) is 0 Å². The number of hydrogen-bond acceptors (Lipinski definition) is 5. The van der Waals surface area contributed by atoms with Crippen molar-refractivity contribution in [1.82, 2.24) is 4.57 Å². The lowest BCUT2D eigenvalue weighted by Crippen LogP contribution is -2.18. The first-order valence-electron chi connectivity index (χ1n) is 7.95. The number of para-hydroxylation sites is 3. The fourth-order valence-electron chi connectivity index (χ4n) is 2.71. The third kappa shape index (κ3) is 3.87. The zero-order valence-electron chi connectivity index (χ0n) is 14.4. The van der Waals surface area contributed by atoms with Gasteiger partial charge in [0, 0.05) is 5.39 Å². The van der Waals surface area contributed by atoms with Crippen LogP contribution >= 0.6 is 12.2 Å². The standard InChI is InChI=1S/C18H17N5O3S/c1-26-14-9-5-3-7-12(14)20-15(24)10-23-13-8-4-2-6-11(13)16(17(23)25)21-22-18(19)27/h2-9,25H,10H2,1H3,(H2,19,27)(H,20,24). The van der Waals surface area contributed by atoms with Gasteiger partial charge in [0.15, 0.2) is 5.69 Å². The number of benzene rings is 2. The lowest BCUT2D eigenvalue weighted by molar-refractivity contribution is -0.116. The van der Waals surface area contributed by atoms with Crippen molar-refractivity contribution in [3.8, 4) is 11.6 Å². The Kier molecular flexibility index (Phi) is 5.32. The van der Waals surface area contributed by atoms with Crippen molar-refractivity contribution >= 4 is 45.5 Å². The molecule has 3 rings (SSSR count). The monoisotopic (exact) mass is 383 g/mol. The molecule has 9 heteroatoms. The summed E-state index contributed by atoms with van der Waals surface area (Å²) in [7, 11) is 1.52. The Morgan fingerprint density at radius 1 is 1.26 bits per heavy atom. The molecule has 0 bridgehead atoms. The van der Waals surface area contributed by atoms with E-state index in [-0.39, 0.29) is 29.1 Å². The highest BCUT2D eigenvalue weighted by Crippen LogP contribution is 2.38. The van der Waals surface area contributed by atoms with Crippen LogP contribution in [-0.2, 0) is 11.3 Å². The average Bonchev–Trinajstić information content (AvgIpc) is 2.92. The van der Waals surface area contributed by atoms with E-state index in [1.165, 1.54) is 11.7 Å². The number of hydrogen-bond donors (Lipinski definition) is 3. The molecular formula is C18H17N5O3S. The van der Waals surface area contributed by atoms with Gasteiger partial charge in [0.25, 0.3) is 0 Å². The van der Waals surface area contributed by atoms with E-state index in [1.807, 2.05) is 0 Å². The molecule has 0 unspecified atom stereocenters. The molecule has 0 saturated heterocycles. The molecule has 0 radical (unpaired) electrons. The Labute approximate surface area is 160 Å². The summed E-state index contributed by atoms with van der Waals surface area (Å²) in [4.78, 5) is 12.5. The zero-order valence-corrected chi connectivity index (χ0v) is 15.2. The molecule has 0 saturated carbocycles. The summed E-state index contributed by atoms with van der Waals surface area (Å²) >= 11 is 4.69. The number of fused-ring (bicyclic) bond motifs is 1. The zero-order chi connectivity index (χ0) is 19.4. The van der Waals surface area contributed by atoms with Crippen LogP contribution in [0.3, 0.4) is 0 Å². The van der Waals surface area contributed by atoms with Crippen LogP contribution in [0.25, 0.3) is 10.9 Å². The fraction of sp³-hybridized carbons (Fsp3) is 0.111. The topological polar surface area (TPSA) is 114 Å². The minimum Gasteiger partial charge on any atom is -0.495 e. The largest absolute Gasteiger partial charge is 0.495 e. The van der Waals surface area contributed by atoms with E-state index in [1.54, 1.807) is 48.5 Å². The van der Waals surface area contributed by atoms with E-state index in [9.17, 15) is 9.90 Å². The van der Waals surface area contributed by atoms with Crippen molar-refractivity contribution in [2.75, 3.05) is 12.4 Å². The van der Waals surface area contributed by atoms with Gasteiger partial charge in [-0.1, -0.05) is 30.3 Å². The highest BCUT2D eigenvalue weighted by molar-refractivity contribution is 7.80. The van der Waals surface area contributed by atoms with Crippen molar-refractivity contribution in [3.63, 3.8) is 0 Å². The number of nitrogens with zero attached hydrogens (tertiary/aromatic N) is 3. The second kappa shape index (κ2) is 7.83. The number of anilines is 1. The number of amides is 1. The van der Waals surface area contributed by atoms with Gasteiger partial charge in [-0.3, -0.25) is 4.79 Å². The molecule has 2 aromatic carbocycles. The minimum absolute atomic E-state index is 0.132. The molecule has 0 fully saturated rings. The van der Waals surface area contributed by atoms with Crippen molar-refractivity contribution in [1.29, 1.82) is 0 Å². The van der Waals surface area contributed by atoms with Crippen LogP contribution in [0.5, 0.6) is 11.6 Å². The normalized spacial score (nSPS) is 11.0. The van der Waals surface area contributed by atoms with E-state index >= 15 is 0 Å². The SMILES string of the molecule is COc1ccccc1NC(=O)Cn1c(O)c(N=NC(N)=S)c2ccccc21. The number of nitrogens with two attached hydrogens (primary N) is 1. The van der Waals surface area contributed by atoms with Gasteiger partial charge in [-0.15, -0.1) is 10.2 Å². The number of azo groups is 1. The Bertz CT molecular complexity index is 1040. The molecule has 1 heterocycles. The number of thiocarbonyl (C=S) groups is 1. The highest BCUT2D eigenvalue weighted by atomic mass is 32.1. The van der Waals surface area contributed by atoms with Crippen LogP contribution < -0.4 is 15.8 Å². The third-order valence-corrected chi connectivity index (χ3v) is 3.93.